The first-order valence-electron chi connectivity index (χ1n) is 33.8. The molecule has 0 bridgehead atoms. The van der Waals surface area contributed by atoms with Crippen molar-refractivity contribution in [1.29, 1.82) is 0 Å². The van der Waals surface area contributed by atoms with Gasteiger partial charge < -0.3 is 80.5 Å². The van der Waals surface area contributed by atoms with Gasteiger partial charge in [-0.15, -0.1) is 13.2 Å². The predicted molar refractivity (Wildman–Crippen MR) is 354 cm³/mol. The fraction of sp³-hybridized carbons (Fsp3) is 0.914. The maximum absolute atomic E-state index is 11.4. The summed E-state index contributed by atoms with van der Waals surface area (Å²) in [5.41, 5.74) is 1.05. The van der Waals surface area contributed by atoms with Crippen LogP contribution >= 0.6 is 0 Å². The summed E-state index contributed by atoms with van der Waals surface area (Å²) in [6.07, 6.45) is 25.1. The topological polar surface area (TPSA) is 191 Å². The predicted octanol–water partition coefficient (Wildman–Crippen LogP) is 12.7. The van der Waals surface area contributed by atoms with E-state index in [1.165, 1.54) is 44.9 Å². The van der Waals surface area contributed by atoms with E-state index in [-0.39, 0.29) is 28.2 Å². The number of carbonyl (C=O) groups excluding carboxylic acids is 2. The van der Waals surface area contributed by atoms with E-state index in [0.717, 1.165) is 190 Å². The highest BCUT2D eigenvalue weighted by molar-refractivity contribution is 5.69. The van der Waals surface area contributed by atoms with Crippen LogP contribution in [0.1, 0.15) is 177 Å². The number of rotatable bonds is 49. The van der Waals surface area contributed by atoms with Crippen LogP contribution in [-0.4, -0.2) is 226 Å². The molecule has 0 radical (unpaired) electrons. The quantitative estimate of drug-likeness (QED) is 0.0317. The van der Waals surface area contributed by atoms with Crippen molar-refractivity contribution in [3.8, 4) is 0 Å². The van der Waals surface area contributed by atoms with Crippen molar-refractivity contribution in [1.82, 2.24) is 0 Å². The molecule has 0 atom stereocenters. The highest BCUT2D eigenvalue weighted by Crippen LogP contribution is 2.33. The van der Waals surface area contributed by atoms with Crippen molar-refractivity contribution in [3.05, 3.63) is 25.3 Å². The molecule has 0 aliphatic carbocycles. The third-order valence-corrected chi connectivity index (χ3v) is 15.2. The molecular formula is C70H136O19. The average Bonchev–Trinajstić information content (AvgIpc) is 1.62. The van der Waals surface area contributed by atoms with E-state index in [1.807, 2.05) is 19.1 Å². The molecule has 89 heavy (non-hydrogen) atoms. The summed E-state index contributed by atoms with van der Waals surface area (Å²) in [5, 5.41) is 0. The maximum atomic E-state index is 11.4. The van der Waals surface area contributed by atoms with Gasteiger partial charge in [-0.2, -0.15) is 0 Å². The van der Waals surface area contributed by atoms with E-state index in [2.05, 4.69) is 54.7 Å². The Kier molecular flexibility index (Phi) is 61.9. The summed E-state index contributed by atoms with van der Waals surface area (Å²) < 4.78 is 87.7. The van der Waals surface area contributed by atoms with Crippen molar-refractivity contribution in [2.45, 2.75) is 177 Å². The number of hydrogen-bond acceptors (Lipinski definition) is 19. The third kappa shape index (κ3) is 52.8. The van der Waals surface area contributed by atoms with E-state index in [4.69, 9.17) is 80.5 Å². The molecule has 5 aliphatic heterocycles. The molecule has 5 aliphatic rings. The standard InChI is InChI=1S/C13H24O3.C12H24O3.C11H22O3.C10H20O4.C10H18O4.C9H18O.C5H10O/c1-3-5-6-7-8-12(14)16-11-13(4-2)9-15-10-13;1-3-13-7-5-4-6-8-14-9-12(2)10-15-11-12;1-3-11(9-14-10-11)8-13-7-5-4-6-12-2;1-10(8-14-9-10)7-13-6-5-12-4-3-11-2;1-10(6-13-7-10)8-14-9(11)4-3-5-12-2;1-3-4-5-6-7-8-9-10-2;1-3-4-5-6-2/h3-11H2,1-2H3;3-11H2,1-2H3;3-10H2,1-2H3;3-9H2,1-2H3;3-8H2,1-2H3;3H,1,4-9H2,2H3;3H,1,4-5H2,2H3. The van der Waals surface area contributed by atoms with Gasteiger partial charge in [-0.05, 0) is 90.4 Å². The summed E-state index contributed by atoms with van der Waals surface area (Å²) in [7, 11) is 8.46. The van der Waals surface area contributed by atoms with Crippen LogP contribution in [0.3, 0.4) is 0 Å². The van der Waals surface area contributed by atoms with Gasteiger partial charge in [0.15, 0.2) is 0 Å². The fourth-order valence-corrected chi connectivity index (χ4v) is 8.41. The molecular weight excluding hydrogens is 1140 g/mol. The van der Waals surface area contributed by atoms with Crippen molar-refractivity contribution in [2.75, 3.05) is 214 Å². The summed E-state index contributed by atoms with van der Waals surface area (Å²) in [5.74, 6) is -0.189. The van der Waals surface area contributed by atoms with Crippen LogP contribution in [0.5, 0.6) is 0 Å². The first kappa shape index (κ1) is 88.9. The molecule has 5 heterocycles. The Balaban J connectivity index is 0. The van der Waals surface area contributed by atoms with E-state index in [9.17, 15) is 9.59 Å². The van der Waals surface area contributed by atoms with Crippen LogP contribution in [0.4, 0.5) is 0 Å². The van der Waals surface area contributed by atoms with E-state index in [1.54, 1.807) is 35.5 Å². The van der Waals surface area contributed by atoms with Gasteiger partial charge in [0.1, 0.15) is 13.2 Å². The number of esters is 2. The lowest BCUT2D eigenvalue weighted by atomic mass is 9.84. The molecule has 19 heteroatoms. The highest BCUT2D eigenvalue weighted by atomic mass is 16.6. The van der Waals surface area contributed by atoms with Gasteiger partial charge in [-0.1, -0.05) is 85.8 Å². The zero-order chi connectivity index (χ0) is 66.3. The van der Waals surface area contributed by atoms with Crippen molar-refractivity contribution in [2.24, 2.45) is 27.1 Å². The van der Waals surface area contributed by atoms with Gasteiger partial charge in [0.25, 0.3) is 0 Å². The van der Waals surface area contributed by atoms with E-state index in [0.29, 0.717) is 83.1 Å². The Labute approximate surface area is 543 Å². The average molecular weight is 1280 g/mol. The maximum Gasteiger partial charge on any atom is 0.305 e. The minimum atomic E-state index is -0.143. The lowest BCUT2D eigenvalue weighted by Gasteiger charge is -2.40. The fourth-order valence-electron chi connectivity index (χ4n) is 8.41. The normalized spacial score (nSPS) is 17.0. The van der Waals surface area contributed by atoms with Gasteiger partial charge >= 0.3 is 11.9 Å². The van der Waals surface area contributed by atoms with Crippen LogP contribution in [0.15, 0.2) is 25.3 Å². The number of carbonyl (C=O) groups is 2. The molecule has 5 saturated heterocycles. The highest BCUT2D eigenvalue weighted by Gasteiger charge is 2.39. The third-order valence-electron chi connectivity index (χ3n) is 15.2. The molecule has 5 rings (SSSR count). The number of allylic oxidation sites excluding steroid dienone is 1. The zero-order valence-corrected chi connectivity index (χ0v) is 59.1. The van der Waals surface area contributed by atoms with Gasteiger partial charge in [-0.3, -0.25) is 9.59 Å². The van der Waals surface area contributed by atoms with Gasteiger partial charge in [0.05, 0.1) is 118 Å². The molecule has 0 unspecified atom stereocenters. The van der Waals surface area contributed by atoms with Crippen molar-refractivity contribution < 1.29 is 90.1 Å². The van der Waals surface area contributed by atoms with Crippen LogP contribution < -0.4 is 0 Å². The monoisotopic (exact) mass is 1280 g/mol. The smallest absolute Gasteiger partial charge is 0.305 e. The molecule has 530 valence electrons. The van der Waals surface area contributed by atoms with Crippen molar-refractivity contribution in [3.63, 3.8) is 0 Å². The van der Waals surface area contributed by atoms with E-state index >= 15 is 0 Å². The molecule has 0 aromatic carbocycles. The lowest BCUT2D eigenvalue weighted by molar-refractivity contribution is -0.170. The van der Waals surface area contributed by atoms with Gasteiger partial charge in [0.2, 0.25) is 0 Å². The Morgan fingerprint density at radius 1 is 0.360 bits per heavy atom. The number of hydrogen-bond donors (Lipinski definition) is 0. The summed E-state index contributed by atoms with van der Waals surface area (Å²) in [6.45, 7) is 42.8. The molecule has 0 aromatic heterocycles. The summed E-state index contributed by atoms with van der Waals surface area (Å²) >= 11 is 0. The van der Waals surface area contributed by atoms with Crippen LogP contribution in [0.2, 0.25) is 0 Å². The van der Waals surface area contributed by atoms with Crippen LogP contribution in [0.25, 0.3) is 0 Å². The van der Waals surface area contributed by atoms with Gasteiger partial charge in [0, 0.05) is 123 Å². The molecule has 0 amide bonds. The molecule has 0 spiro atoms. The minimum Gasteiger partial charge on any atom is -0.465 e. The lowest BCUT2D eigenvalue weighted by Crippen LogP contribution is -2.46. The Morgan fingerprint density at radius 3 is 1.18 bits per heavy atom. The number of ether oxygens (including phenoxy) is 17. The summed E-state index contributed by atoms with van der Waals surface area (Å²) in [4.78, 5) is 22.6. The van der Waals surface area contributed by atoms with Crippen LogP contribution in [-0.2, 0) is 90.1 Å². The second-order valence-corrected chi connectivity index (χ2v) is 25.1. The molecule has 0 saturated carbocycles. The number of unbranched alkanes of at least 4 members (excludes halogenated alkanes) is 10. The molecule has 0 N–H and O–H groups in total. The second kappa shape index (κ2) is 62.0. The zero-order valence-electron chi connectivity index (χ0n) is 59.1. The van der Waals surface area contributed by atoms with Crippen molar-refractivity contribution >= 4 is 11.9 Å². The Morgan fingerprint density at radius 2 is 0.730 bits per heavy atom. The first-order valence-corrected chi connectivity index (χ1v) is 33.8. The first-order chi connectivity index (χ1) is 43.1. The minimum absolute atomic E-state index is 0.0455. The van der Waals surface area contributed by atoms with E-state index < -0.39 is 0 Å². The SMILES string of the molecule is C=CCCCCCCOC.C=CCCOC.CCC1(COCCCCOC)COC1.CCCCCCC(=O)OCC1(CC)COC1.CCOCCCCCOCC1(C)COC1.COCCCC(=O)OCC1(C)COC1.COCCOCCOCC1(C)COC1. The molecule has 19 nitrogen and oxygen atoms in total. The second-order valence-electron chi connectivity index (χ2n) is 25.1. The molecule has 5 fully saturated rings. The number of methoxy groups -OCH3 is 5. The largest absolute Gasteiger partial charge is 0.465 e. The Hall–Kier alpha value is -2.18. The summed E-state index contributed by atoms with van der Waals surface area (Å²) in [6, 6.07) is 0. The van der Waals surface area contributed by atoms with Crippen LogP contribution in [0, 0.1) is 27.1 Å². The Bertz CT molecular complexity index is 1540. The van der Waals surface area contributed by atoms with Gasteiger partial charge in [-0.25, -0.2) is 0 Å². The molecule has 0 aromatic rings.